The summed E-state index contributed by atoms with van der Waals surface area (Å²) >= 11 is 5.26. The van der Waals surface area contributed by atoms with Crippen LogP contribution in [0, 0.1) is 15.2 Å². The Labute approximate surface area is 130 Å². The Morgan fingerprint density at radius 1 is 1.21 bits per heavy atom. The molecule has 0 atom stereocenters. The molecule has 0 unspecified atom stereocenters. The SMILES string of the molecule is O=C(Nc1cccc(F)c1F)c1cc(Br)ccc1I. The maximum Gasteiger partial charge on any atom is 0.256 e. The standard InChI is InChI=1S/C13H7BrF2INO/c14-7-4-5-10(17)8(6-7)13(19)18-11-3-1-2-9(15)12(11)16/h1-6H,(H,18,19). The highest BCUT2D eigenvalue weighted by atomic mass is 127. The third-order valence-electron chi connectivity index (χ3n) is 2.37. The molecule has 0 aliphatic carbocycles. The van der Waals surface area contributed by atoms with E-state index in [0.29, 0.717) is 5.56 Å². The van der Waals surface area contributed by atoms with Crippen molar-refractivity contribution >= 4 is 50.1 Å². The van der Waals surface area contributed by atoms with Crippen LogP contribution in [0.2, 0.25) is 0 Å². The number of hydrogen-bond acceptors (Lipinski definition) is 1. The lowest BCUT2D eigenvalue weighted by molar-refractivity contribution is 0.102. The fourth-order valence-electron chi connectivity index (χ4n) is 1.46. The van der Waals surface area contributed by atoms with Gasteiger partial charge in [-0.25, -0.2) is 8.78 Å². The van der Waals surface area contributed by atoms with Gasteiger partial charge >= 0.3 is 0 Å². The molecule has 0 aliphatic rings. The molecule has 2 aromatic rings. The molecule has 0 aromatic heterocycles. The molecular formula is C13H7BrF2INO. The zero-order chi connectivity index (χ0) is 14.0. The van der Waals surface area contributed by atoms with Crippen LogP contribution in [0.25, 0.3) is 0 Å². The summed E-state index contributed by atoms with van der Waals surface area (Å²) in [6.07, 6.45) is 0. The van der Waals surface area contributed by atoms with E-state index in [2.05, 4.69) is 21.2 Å². The first-order valence-corrected chi connectivity index (χ1v) is 7.06. The molecular weight excluding hydrogens is 431 g/mol. The van der Waals surface area contributed by atoms with Gasteiger partial charge in [-0.2, -0.15) is 0 Å². The number of rotatable bonds is 2. The van der Waals surface area contributed by atoms with Crippen molar-refractivity contribution in [3.63, 3.8) is 0 Å². The predicted octanol–water partition coefficient (Wildman–Crippen LogP) is 4.58. The molecule has 0 aliphatic heterocycles. The van der Waals surface area contributed by atoms with E-state index in [9.17, 15) is 13.6 Å². The first kappa shape index (κ1) is 14.4. The minimum Gasteiger partial charge on any atom is -0.319 e. The van der Waals surface area contributed by atoms with Crippen LogP contribution in [-0.2, 0) is 0 Å². The second kappa shape index (κ2) is 5.96. The van der Waals surface area contributed by atoms with Gasteiger partial charge in [0, 0.05) is 8.04 Å². The summed E-state index contributed by atoms with van der Waals surface area (Å²) in [7, 11) is 0. The van der Waals surface area contributed by atoms with Gasteiger partial charge in [0.25, 0.3) is 5.91 Å². The first-order valence-electron chi connectivity index (χ1n) is 5.19. The average molecular weight is 438 g/mol. The van der Waals surface area contributed by atoms with Gasteiger partial charge in [-0.1, -0.05) is 22.0 Å². The molecule has 0 saturated heterocycles. The number of hydrogen-bond donors (Lipinski definition) is 1. The highest BCUT2D eigenvalue weighted by molar-refractivity contribution is 14.1. The molecule has 98 valence electrons. The van der Waals surface area contributed by atoms with Crippen molar-refractivity contribution in [2.45, 2.75) is 0 Å². The Morgan fingerprint density at radius 3 is 2.68 bits per heavy atom. The largest absolute Gasteiger partial charge is 0.319 e. The van der Waals surface area contributed by atoms with Crippen LogP contribution in [0.5, 0.6) is 0 Å². The summed E-state index contributed by atoms with van der Waals surface area (Å²) in [5.41, 5.74) is 0.208. The summed E-state index contributed by atoms with van der Waals surface area (Å²) < 4.78 is 27.9. The van der Waals surface area contributed by atoms with Crippen LogP contribution in [0.15, 0.2) is 40.9 Å². The topological polar surface area (TPSA) is 29.1 Å². The lowest BCUT2D eigenvalue weighted by Crippen LogP contribution is -2.14. The molecule has 0 saturated carbocycles. The van der Waals surface area contributed by atoms with E-state index >= 15 is 0 Å². The van der Waals surface area contributed by atoms with Crippen LogP contribution in [0.3, 0.4) is 0 Å². The minimum absolute atomic E-state index is 0.180. The van der Waals surface area contributed by atoms with Gasteiger partial charge in [-0.15, -0.1) is 0 Å². The molecule has 0 radical (unpaired) electrons. The minimum atomic E-state index is -1.07. The molecule has 1 amide bonds. The van der Waals surface area contributed by atoms with Gasteiger partial charge in [-0.05, 0) is 52.9 Å². The molecule has 6 heteroatoms. The second-order valence-electron chi connectivity index (χ2n) is 3.68. The second-order valence-corrected chi connectivity index (χ2v) is 5.76. The average Bonchev–Trinajstić information content (AvgIpc) is 2.38. The number of benzene rings is 2. The molecule has 0 bridgehead atoms. The summed E-state index contributed by atoms with van der Waals surface area (Å²) in [6.45, 7) is 0. The number of amides is 1. The van der Waals surface area contributed by atoms with Crippen molar-refractivity contribution in [1.29, 1.82) is 0 Å². The van der Waals surface area contributed by atoms with Gasteiger partial charge in [-0.3, -0.25) is 4.79 Å². The van der Waals surface area contributed by atoms with Gasteiger partial charge in [0.1, 0.15) is 0 Å². The lowest BCUT2D eigenvalue weighted by atomic mass is 10.2. The van der Waals surface area contributed by atoms with E-state index in [0.717, 1.165) is 14.1 Å². The van der Waals surface area contributed by atoms with Gasteiger partial charge < -0.3 is 5.32 Å². The molecule has 2 nitrogen and oxygen atoms in total. The summed E-state index contributed by atoms with van der Waals surface area (Å²) in [5, 5.41) is 2.36. The maximum atomic E-state index is 13.5. The molecule has 19 heavy (non-hydrogen) atoms. The maximum absolute atomic E-state index is 13.5. The van der Waals surface area contributed by atoms with E-state index in [1.165, 1.54) is 12.1 Å². The van der Waals surface area contributed by atoms with Gasteiger partial charge in [0.05, 0.1) is 11.3 Å². The number of carbonyl (C=O) groups excluding carboxylic acids is 1. The Kier molecular flexibility index (Phi) is 4.51. The Morgan fingerprint density at radius 2 is 1.95 bits per heavy atom. The lowest BCUT2D eigenvalue weighted by Gasteiger charge is -2.08. The molecule has 0 spiro atoms. The Hall–Kier alpha value is -1.02. The summed E-state index contributed by atoms with van der Waals surface area (Å²) in [4.78, 5) is 12.0. The highest BCUT2D eigenvalue weighted by Gasteiger charge is 2.14. The van der Waals surface area contributed by atoms with Crippen LogP contribution < -0.4 is 5.32 Å². The van der Waals surface area contributed by atoms with Crippen LogP contribution in [-0.4, -0.2) is 5.91 Å². The van der Waals surface area contributed by atoms with Crippen molar-refractivity contribution < 1.29 is 13.6 Å². The summed E-state index contributed by atoms with van der Waals surface area (Å²) in [5.74, 6) is -2.56. The third kappa shape index (κ3) is 3.30. The Balaban J connectivity index is 2.31. The van der Waals surface area contributed by atoms with Crippen molar-refractivity contribution in [2.24, 2.45) is 0 Å². The number of nitrogens with one attached hydrogen (secondary N) is 1. The molecule has 2 aromatic carbocycles. The molecule has 2 rings (SSSR count). The zero-order valence-electron chi connectivity index (χ0n) is 9.38. The van der Waals surface area contributed by atoms with E-state index in [-0.39, 0.29) is 5.69 Å². The van der Waals surface area contributed by atoms with E-state index in [1.54, 1.807) is 18.2 Å². The number of anilines is 1. The third-order valence-corrected chi connectivity index (χ3v) is 3.81. The molecule has 0 heterocycles. The smallest absolute Gasteiger partial charge is 0.256 e. The Bertz CT molecular complexity index is 649. The number of carbonyl (C=O) groups is 1. The van der Waals surface area contributed by atoms with Gasteiger partial charge in [0.2, 0.25) is 0 Å². The quantitative estimate of drug-likeness (QED) is 0.684. The summed E-state index contributed by atoms with van der Waals surface area (Å²) in [6, 6.07) is 8.80. The van der Waals surface area contributed by atoms with Crippen molar-refractivity contribution in [3.05, 3.63) is 61.6 Å². The van der Waals surface area contributed by atoms with Crippen molar-refractivity contribution in [2.75, 3.05) is 5.32 Å². The fraction of sp³-hybridized carbons (Fsp3) is 0. The van der Waals surface area contributed by atoms with Crippen molar-refractivity contribution in [3.8, 4) is 0 Å². The predicted molar refractivity (Wildman–Crippen MR) is 81.2 cm³/mol. The zero-order valence-corrected chi connectivity index (χ0v) is 13.1. The monoisotopic (exact) mass is 437 g/mol. The van der Waals surface area contributed by atoms with E-state index in [1.807, 2.05) is 22.6 Å². The van der Waals surface area contributed by atoms with Crippen LogP contribution in [0.4, 0.5) is 14.5 Å². The molecule has 0 fully saturated rings. The number of halogens is 4. The highest BCUT2D eigenvalue weighted by Crippen LogP contribution is 2.21. The van der Waals surface area contributed by atoms with E-state index in [4.69, 9.17) is 0 Å². The van der Waals surface area contributed by atoms with Crippen LogP contribution in [0.1, 0.15) is 10.4 Å². The molecule has 1 N–H and O–H groups in total. The van der Waals surface area contributed by atoms with Crippen molar-refractivity contribution in [1.82, 2.24) is 0 Å². The van der Waals surface area contributed by atoms with Crippen LogP contribution >= 0.6 is 38.5 Å². The van der Waals surface area contributed by atoms with Gasteiger partial charge in [0.15, 0.2) is 11.6 Å². The fourth-order valence-corrected chi connectivity index (χ4v) is 2.40. The normalized spacial score (nSPS) is 10.3. The van der Waals surface area contributed by atoms with E-state index < -0.39 is 17.5 Å². The first-order chi connectivity index (χ1) is 8.99.